The van der Waals surface area contributed by atoms with Crippen LogP contribution in [0.1, 0.15) is 39.2 Å². The molecule has 0 radical (unpaired) electrons. The van der Waals surface area contributed by atoms with Gasteiger partial charge in [0, 0.05) is 19.2 Å². The first-order chi connectivity index (χ1) is 15.4. The highest BCUT2D eigenvalue weighted by molar-refractivity contribution is 6.03. The van der Waals surface area contributed by atoms with Gasteiger partial charge in [0.2, 0.25) is 0 Å². The van der Waals surface area contributed by atoms with Crippen molar-refractivity contribution in [3.05, 3.63) is 65.2 Å². The average Bonchev–Trinajstić information content (AvgIpc) is 3.15. The molecule has 1 heterocycles. The number of primary amides is 1. The molecular weight excluding hydrogens is 410 g/mol. The Morgan fingerprint density at radius 2 is 1.81 bits per heavy atom. The molecular formula is C23H27N5O4. The third-order valence-corrected chi connectivity index (χ3v) is 5.05. The zero-order chi connectivity index (χ0) is 23.3. The molecule has 0 spiro atoms. The van der Waals surface area contributed by atoms with Crippen LogP contribution >= 0.6 is 0 Å². The highest BCUT2D eigenvalue weighted by Crippen LogP contribution is 2.29. The minimum Gasteiger partial charge on any atom is -0.496 e. The molecule has 2 aromatic carbocycles. The molecule has 0 bridgehead atoms. The first-order valence-electron chi connectivity index (χ1n) is 10.0. The van der Waals surface area contributed by atoms with Crippen LogP contribution in [0.4, 0.5) is 5.82 Å². The Hall–Kier alpha value is -3.85. The van der Waals surface area contributed by atoms with Gasteiger partial charge in [0.15, 0.2) is 0 Å². The van der Waals surface area contributed by atoms with Crippen molar-refractivity contribution in [1.29, 1.82) is 0 Å². The average molecular weight is 438 g/mol. The fraction of sp³-hybridized carbons (Fsp3) is 0.261. The Balaban J connectivity index is 1.79. The molecule has 168 valence electrons. The molecule has 32 heavy (non-hydrogen) atoms. The lowest BCUT2D eigenvalue weighted by atomic mass is 10.0. The second-order valence-corrected chi connectivity index (χ2v) is 7.30. The van der Waals surface area contributed by atoms with Gasteiger partial charge in [0.25, 0.3) is 11.8 Å². The molecule has 9 nitrogen and oxygen atoms in total. The summed E-state index contributed by atoms with van der Waals surface area (Å²) in [6.07, 6.45) is 0. The number of rotatable bonds is 9. The molecule has 0 aliphatic heterocycles. The number of ether oxygens (including phenoxy) is 2. The zero-order valence-electron chi connectivity index (χ0n) is 18.3. The number of amides is 2. The molecule has 0 fully saturated rings. The minimum absolute atomic E-state index is 0.170. The van der Waals surface area contributed by atoms with Crippen LogP contribution in [0, 0.1) is 0 Å². The third kappa shape index (κ3) is 4.73. The SMILES string of the molecule is COCC(C)n1nc(-c2ccc(CNC(=O)c3ccccc3OC)cc2)c(C(N)=O)c1N. The summed E-state index contributed by atoms with van der Waals surface area (Å²) in [4.78, 5) is 24.5. The number of aromatic nitrogens is 2. The molecule has 1 aromatic heterocycles. The smallest absolute Gasteiger partial charge is 0.255 e. The third-order valence-electron chi connectivity index (χ3n) is 5.05. The van der Waals surface area contributed by atoms with Gasteiger partial charge in [-0.1, -0.05) is 36.4 Å². The summed E-state index contributed by atoms with van der Waals surface area (Å²) in [6, 6.07) is 14.2. The van der Waals surface area contributed by atoms with Crippen LogP contribution < -0.4 is 21.5 Å². The van der Waals surface area contributed by atoms with Gasteiger partial charge in [-0.15, -0.1) is 0 Å². The summed E-state index contributed by atoms with van der Waals surface area (Å²) >= 11 is 0. The summed E-state index contributed by atoms with van der Waals surface area (Å²) in [7, 11) is 3.10. The molecule has 9 heteroatoms. The molecule has 0 aliphatic carbocycles. The number of hydrogen-bond donors (Lipinski definition) is 3. The lowest BCUT2D eigenvalue weighted by Crippen LogP contribution is -2.23. The summed E-state index contributed by atoms with van der Waals surface area (Å²) in [5.74, 6) is -0.178. The van der Waals surface area contributed by atoms with E-state index in [1.165, 1.54) is 7.11 Å². The van der Waals surface area contributed by atoms with Crippen LogP contribution in [-0.4, -0.2) is 42.4 Å². The standard InChI is InChI=1S/C23H27N5O4/c1-14(13-31-2)28-21(24)19(22(25)29)20(27-28)16-10-8-15(9-11-16)12-26-23(30)17-6-4-5-7-18(17)32-3/h4-11,14H,12-13,24H2,1-3H3,(H2,25,29)(H,26,30). The summed E-state index contributed by atoms with van der Waals surface area (Å²) in [5, 5.41) is 7.38. The van der Waals surface area contributed by atoms with Gasteiger partial charge in [0.1, 0.15) is 22.8 Å². The second-order valence-electron chi connectivity index (χ2n) is 7.30. The molecule has 0 saturated heterocycles. The van der Waals surface area contributed by atoms with Gasteiger partial charge in [-0.3, -0.25) is 9.59 Å². The molecule has 0 saturated carbocycles. The first-order valence-corrected chi connectivity index (χ1v) is 10.0. The van der Waals surface area contributed by atoms with Gasteiger partial charge in [0.05, 0.1) is 25.3 Å². The van der Waals surface area contributed by atoms with E-state index in [4.69, 9.17) is 20.9 Å². The van der Waals surface area contributed by atoms with Gasteiger partial charge in [-0.05, 0) is 24.6 Å². The van der Waals surface area contributed by atoms with Crippen molar-refractivity contribution in [2.45, 2.75) is 19.5 Å². The van der Waals surface area contributed by atoms with Crippen LogP contribution in [-0.2, 0) is 11.3 Å². The van der Waals surface area contributed by atoms with E-state index in [0.717, 1.165) is 5.56 Å². The fourth-order valence-corrected chi connectivity index (χ4v) is 3.43. The lowest BCUT2D eigenvalue weighted by molar-refractivity contribution is 0.0946. The van der Waals surface area contributed by atoms with E-state index in [0.29, 0.717) is 35.7 Å². The lowest BCUT2D eigenvalue weighted by Gasteiger charge is -2.12. The molecule has 5 N–H and O–H groups in total. The topological polar surface area (TPSA) is 134 Å². The van der Waals surface area contributed by atoms with Crippen LogP contribution in [0.15, 0.2) is 48.5 Å². The number of nitrogens with two attached hydrogens (primary N) is 2. The molecule has 3 rings (SSSR count). The van der Waals surface area contributed by atoms with Gasteiger partial charge < -0.3 is 26.3 Å². The molecule has 3 aromatic rings. The van der Waals surface area contributed by atoms with Crippen molar-refractivity contribution < 1.29 is 19.1 Å². The number of carbonyl (C=O) groups excluding carboxylic acids is 2. The van der Waals surface area contributed by atoms with Crippen molar-refractivity contribution in [2.75, 3.05) is 26.6 Å². The van der Waals surface area contributed by atoms with E-state index >= 15 is 0 Å². The van der Waals surface area contributed by atoms with Gasteiger partial charge in [-0.2, -0.15) is 5.10 Å². The number of benzene rings is 2. The Kier molecular flexibility index (Phi) is 7.11. The molecule has 1 atom stereocenters. The zero-order valence-corrected chi connectivity index (χ0v) is 18.3. The summed E-state index contributed by atoms with van der Waals surface area (Å²) in [5.41, 5.74) is 14.3. The van der Waals surface area contributed by atoms with Crippen LogP contribution in [0.25, 0.3) is 11.3 Å². The maximum Gasteiger partial charge on any atom is 0.255 e. The van der Waals surface area contributed by atoms with Crippen molar-refractivity contribution in [1.82, 2.24) is 15.1 Å². The minimum atomic E-state index is -0.651. The number of para-hydroxylation sites is 1. The largest absolute Gasteiger partial charge is 0.496 e. The van der Waals surface area contributed by atoms with E-state index in [1.807, 2.05) is 31.2 Å². The van der Waals surface area contributed by atoms with Crippen molar-refractivity contribution in [3.8, 4) is 17.0 Å². The van der Waals surface area contributed by atoms with Crippen molar-refractivity contribution in [3.63, 3.8) is 0 Å². The van der Waals surface area contributed by atoms with Crippen LogP contribution in [0.5, 0.6) is 5.75 Å². The van der Waals surface area contributed by atoms with E-state index in [1.54, 1.807) is 36.1 Å². The second kappa shape index (κ2) is 9.97. The molecule has 2 amide bonds. The molecule has 0 aliphatic rings. The van der Waals surface area contributed by atoms with Crippen LogP contribution in [0.2, 0.25) is 0 Å². The number of hydrogen-bond acceptors (Lipinski definition) is 6. The Labute approximate surface area is 186 Å². The Morgan fingerprint density at radius 3 is 2.44 bits per heavy atom. The summed E-state index contributed by atoms with van der Waals surface area (Å²) < 4.78 is 11.9. The number of nitrogens with zero attached hydrogens (tertiary/aromatic N) is 2. The quantitative estimate of drug-likeness (QED) is 0.470. The predicted octanol–water partition coefficient (Wildman–Crippen LogP) is 2.38. The van der Waals surface area contributed by atoms with Crippen molar-refractivity contribution in [2.24, 2.45) is 5.73 Å². The first kappa shape index (κ1) is 22.8. The van der Waals surface area contributed by atoms with E-state index in [-0.39, 0.29) is 23.3 Å². The number of carbonyl (C=O) groups is 2. The van der Waals surface area contributed by atoms with Crippen molar-refractivity contribution >= 4 is 17.6 Å². The summed E-state index contributed by atoms with van der Waals surface area (Å²) in [6.45, 7) is 2.59. The number of nitrogens with one attached hydrogen (secondary N) is 1. The number of methoxy groups -OCH3 is 2. The predicted molar refractivity (Wildman–Crippen MR) is 121 cm³/mol. The van der Waals surface area contributed by atoms with E-state index in [2.05, 4.69) is 10.4 Å². The number of anilines is 1. The normalized spacial score (nSPS) is 11.7. The highest BCUT2D eigenvalue weighted by Gasteiger charge is 2.23. The molecule has 1 unspecified atom stereocenters. The maximum absolute atomic E-state index is 12.5. The Bertz CT molecular complexity index is 1110. The number of nitrogen functional groups attached to an aromatic ring is 1. The van der Waals surface area contributed by atoms with Gasteiger partial charge >= 0.3 is 0 Å². The van der Waals surface area contributed by atoms with Crippen LogP contribution in [0.3, 0.4) is 0 Å². The Morgan fingerprint density at radius 1 is 1.12 bits per heavy atom. The monoisotopic (exact) mass is 437 g/mol. The van der Waals surface area contributed by atoms with E-state index < -0.39 is 5.91 Å². The highest BCUT2D eigenvalue weighted by atomic mass is 16.5. The maximum atomic E-state index is 12.5. The fourth-order valence-electron chi connectivity index (χ4n) is 3.43. The van der Waals surface area contributed by atoms with E-state index in [9.17, 15) is 9.59 Å². The van der Waals surface area contributed by atoms with Gasteiger partial charge in [-0.25, -0.2) is 4.68 Å².